The fraction of sp³-hybridized carbons (Fsp3) is 0.250. The lowest BCUT2D eigenvalue weighted by Crippen LogP contribution is -2.45. The van der Waals surface area contributed by atoms with Crippen LogP contribution in [0.2, 0.25) is 0 Å². The molecule has 2 amide bonds. The Morgan fingerprint density at radius 2 is 1.74 bits per heavy atom. The topological polar surface area (TPSA) is 112 Å². The molecule has 1 aromatic heterocycles. The number of hydrogen-bond donors (Lipinski definition) is 2. The van der Waals surface area contributed by atoms with Crippen LogP contribution in [-0.2, 0) is 9.47 Å². The molecule has 172 valence electrons. The van der Waals surface area contributed by atoms with Gasteiger partial charge in [0, 0.05) is 5.39 Å². The first-order chi connectivity index (χ1) is 16.8. The second-order valence-electron chi connectivity index (χ2n) is 8.22. The van der Waals surface area contributed by atoms with E-state index in [-0.39, 0.29) is 36.3 Å². The van der Waals surface area contributed by atoms with E-state index in [0.717, 1.165) is 16.5 Å². The third-order valence-corrected chi connectivity index (χ3v) is 6.11. The number of amides is 2. The third kappa shape index (κ3) is 3.82. The van der Waals surface area contributed by atoms with Crippen molar-refractivity contribution in [2.45, 2.75) is 24.3 Å². The van der Waals surface area contributed by atoms with Gasteiger partial charge in [0.2, 0.25) is 0 Å². The molecule has 0 saturated carbocycles. The average molecular weight is 458 g/mol. The fourth-order valence-electron chi connectivity index (χ4n) is 4.53. The van der Waals surface area contributed by atoms with Gasteiger partial charge >= 0.3 is 12.0 Å². The molecule has 4 atom stereocenters. The molecule has 34 heavy (non-hydrogen) atoms. The molecule has 3 aromatic carbocycles. The Labute approximate surface area is 194 Å². The van der Waals surface area contributed by atoms with Crippen LogP contribution in [-0.4, -0.2) is 57.7 Å². The number of aromatic nitrogens is 4. The third-order valence-electron chi connectivity index (χ3n) is 6.11. The van der Waals surface area contributed by atoms with Crippen LogP contribution in [0.3, 0.4) is 0 Å². The Balaban J connectivity index is 1.13. The van der Waals surface area contributed by atoms with E-state index in [0.29, 0.717) is 19.0 Å². The van der Waals surface area contributed by atoms with Crippen LogP contribution in [0, 0.1) is 0 Å². The van der Waals surface area contributed by atoms with Gasteiger partial charge in [-0.25, -0.2) is 4.79 Å². The summed E-state index contributed by atoms with van der Waals surface area (Å²) in [5.41, 5.74) is 0.743. The highest BCUT2D eigenvalue weighted by atomic mass is 16.6. The Hall–Kier alpha value is -4.02. The van der Waals surface area contributed by atoms with Crippen molar-refractivity contribution < 1.29 is 19.0 Å². The molecule has 2 saturated heterocycles. The largest absolute Gasteiger partial charge is 0.423 e. The predicted octanol–water partition coefficient (Wildman–Crippen LogP) is 3.15. The normalized spacial score (nSPS) is 23.5. The van der Waals surface area contributed by atoms with E-state index in [9.17, 15) is 4.79 Å². The summed E-state index contributed by atoms with van der Waals surface area (Å²) >= 11 is 0. The van der Waals surface area contributed by atoms with Gasteiger partial charge in [-0.15, -0.1) is 0 Å². The summed E-state index contributed by atoms with van der Waals surface area (Å²) in [5, 5.41) is 19.8. The lowest BCUT2D eigenvalue weighted by Gasteiger charge is -2.18. The summed E-state index contributed by atoms with van der Waals surface area (Å²) in [6.45, 7) is 0.667. The van der Waals surface area contributed by atoms with E-state index >= 15 is 0 Å². The van der Waals surface area contributed by atoms with Crippen molar-refractivity contribution in [1.82, 2.24) is 25.5 Å². The van der Waals surface area contributed by atoms with Crippen LogP contribution in [0.5, 0.6) is 11.8 Å². The summed E-state index contributed by atoms with van der Waals surface area (Å²) in [6.07, 6.45) is -0.637. The van der Waals surface area contributed by atoms with Crippen molar-refractivity contribution in [3.63, 3.8) is 0 Å². The van der Waals surface area contributed by atoms with Gasteiger partial charge in [-0.05, 0) is 34.0 Å². The minimum Gasteiger partial charge on any atom is -0.423 e. The van der Waals surface area contributed by atoms with Crippen molar-refractivity contribution in [2.24, 2.45) is 0 Å². The van der Waals surface area contributed by atoms with Crippen LogP contribution in [0.4, 0.5) is 10.5 Å². The zero-order valence-corrected chi connectivity index (χ0v) is 18.1. The van der Waals surface area contributed by atoms with Crippen LogP contribution in [0.15, 0.2) is 72.8 Å². The number of nitrogens with zero attached hydrogens (tertiary/aromatic N) is 4. The van der Waals surface area contributed by atoms with Crippen molar-refractivity contribution in [3.05, 3.63) is 72.8 Å². The summed E-state index contributed by atoms with van der Waals surface area (Å²) in [6, 6.07) is 22.4. The number of ether oxygens (including phenoxy) is 3. The minimum absolute atomic E-state index is 0.258. The molecule has 0 bridgehead atoms. The van der Waals surface area contributed by atoms with Gasteiger partial charge in [-0.1, -0.05) is 59.7 Å². The lowest BCUT2D eigenvalue weighted by atomic mass is 10.1. The lowest BCUT2D eigenvalue weighted by molar-refractivity contribution is 0.0613. The molecule has 0 radical (unpaired) electrons. The standard InChI is InChI=1S/C24H22N6O4/c31-23(25-18-12-6-8-15-7-4-5-11-17(15)18)26-19-13-32-22-20(14-33-21(19)22)30-24(27-28-29-30)34-16-9-2-1-3-10-16/h1-12,19-22H,13-14H2,(H2,25,26,31)/t19-,20-,21+,22+/m0/s1. The number of urea groups is 1. The molecular weight excluding hydrogens is 436 g/mol. The molecule has 2 aliphatic heterocycles. The molecule has 2 aliphatic rings. The van der Waals surface area contributed by atoms with Gasteiger partial charge in [-0.2, -0.15) is 4.68 Å². The Morgan fingerprint density at radius 3 is 2.65 bits per heavy atom. The van der Waals surface area contributed by atoms with Gasteiger partial charge in [-0.3, -0.25) is 0 Å². The van der Waals surface area contributed by atoms with E-state index in [2.05, 4.69) is 26.2 Å². The monoisotopic (exact) mass is 458 g/mol. The first-order valence-corrected chi connectivity index (χ1v) is 11.1. The van der Waals surface area contributed by atoms with E-state index in [1.807, 2.05) is 72.8 Å². The molecule has 3 heterocycles. The second kappa shape index (κ2) is 8.73. The number of rotatable bonds is 5. The summed E-state index contributed by atoms with van der Waals surface area (Å²) < 4.78 is 19.4. The second-order valence-corrected chi connectivity index (χ2v) is 8.22. The smallest absolute Gasteiger partial charge is 0.341 e. The number of benzene rings is 3. The molecule has 4 aromatic rings. The highest BCUT2D eigenvalue weighted by molar-refractivity contribution is 6.01. The van der Waals surface area contributed by atoms with Crippen molar-refractivity contribution in [1.29, 1.82) is 0 Å². The Morgan fingerprint density at radius 1 is 0.941 bits per heavy atom. The number of nitrogens with one attached hydrogen (secondary N) is 2. The van der Waals surface area contributed by atoms with Crippen LogP contribution < -0.4 is 15.4 Å². The van der Waals surface area contributed by atoms with Gasteiger partial charge in [0.1, 0.15) is 24.0 Å². The van der Waals surface area contributed by atoms with Crippen molar-refractivity contribution in [2.75, 3.05) is 18.5 Å². The van der Waals surface area contributed by atoms with E-state index in [1.54, 1.807) is 4.68 Å². The maximum absolute atomic E-state index is 12.8. The van der Waals surface area contributed by atoms with Crippen LogP contribution in [0.25, 0.3) is 10.8 Å². The van der Waals surface area contributed by atoms with Crippen molar-refractivity contribution >= 4 is 22.5 Å². The summed E-state index contributed by atoms with van der Waals surface area (Å²) in [4.78, 5) is 12.8. The molecule has 2 N–H and O–H groups in total. The number of para-hydroxylation sites is 1. The van der Waals surface area contributed by atoms with Gasteiger partial charge in [0.15, 0.2) is 0 Å². The first kappa shape index (κ1) is 20.6. The molecule has 0 spiro atoms. The first-order valence-electron chi connectivity index (χ1n) is 11.1. The minimum atomic E-state index is -0.322. The molecule has 6 rings (SSSR count). The number of tetrazole rings is 1. The number of carbonyl (C=O) groups is 1. The van der Waals surface area contributed by atoms with E-state index in [1.165, 1.54) is 0 Å². The highest BCUT2D eigenvalue weighted by Crippen LogP contribution is 2.36. The molecule has 0 unspecified atom stereocenters. The summed E-state index contributed by atoms with van der Waals surface area (Å²) in [7, 11) is 0. The summed E-state index contributed by atoms with van der Waals surface area (Å²) in [5.74, 6) is 0.631. The average Bonchev–Trinajstić information content (AvgIpc) is 3.58. The molecule has 10 heteroatoms. The van der Waals surface area contributed by atoms with E-state index < -0.39 is 0 Å². The quantitative estimate of drug-likeness (QED) is 0.472. The predicted molar refractivity (Wildman–Crippen MR) is 123 cm³/mol. The van der Waals surface area contributed by atoms with Crippen LogP contribution in [0.1, 0.15) is 6.04 Å². The molecule has 0 aliphatic carbocycles. The maximum atomic E-state index is 12.8. The molecule has 2 fully saturated rings. The number of fused-ring (bicyclic) bond motifs is 2. The van der Waals surface area contributed by atoms with Gasteiger partial charge in [0.25, 0.3) is 0 Å². The van der Waals surface area contributed by atoms with E-state index in [4.69, 9.17) is 14.2 Å². The number of carbonyl (C=O) groups excluding carboxylic acids is 1. The van der Waals surface area contributed by atoms with Gasteiger partial charge in [0.05, 0.1) is 24.9 Å². The van der Waals surface area contributed by atoms with Gasteiger partial charge < -0.3 is 24.8 Å². The number of hydrogen-bond acceptors (Lipinski definition) is 7. The SMILES string of the molecule is O=C(Nc1cccc2ccccc12)N[C@H]1CO[C@H]2[C@@H]1OC[C@@H]2n1nnnc1Oc1ccccc1. The van der Waals surface area contributed by atoms with Crippen LogP contribution >= 0.6 is 0 Å². The molecular formula is C24H22N6O4. The maximum Gasteiger partial charge on any atom is 0.341 e. The number of anilines is 1. The van der Waals surface area contributed by atoms with Crippen molar-refractivity contribution in [3.8, 4) is 11.8 Å². The Bertz CT molecular complexity index is 1310. The zero-order valence-electron chi connectivity index (χ0n) is 18.1. The zero-order chi connectivity index (χ0) is 22.9. The molecule has 10 nitrogen and oxygen atoms in total. The highest BCUT2D eigenvalue weighted by Gasteiger charge is 2.50. The fourth-order valence-corrected chi connectivity index (χ4v) is 4.53. The Kier molecular flexibility index (Phi) is 5.28.